The van der Waals surface area contributed by atoms with Crippen LogP contribution in [0.2, 0.25) is 0 Å². The summed E-state index contributed by atoms with van der Waals surface area (Å²) in [5, 5.41) is 8.98. The number of benzene rings is 3. The zero-order chi connectivity index (χ0) is 28.2. The minimum atomic E-state index is -4.47. The molecule has 1 fully saturated rings. The highest BCUT2D eigenvalue weighted by molar-refractivity contribution is 5.71. The molecule has 208 valence electrons. The summed E-state index contributed by atoms with van der Waals surface area (Å²) in [5.74, 6) is -4.14. The number of anilines is 1. The first-order chi connectivity index (χ1) is 18.4. The summed E-state index contributed by atoms with van der Waals surface area (Å²) >= 11 is 0. The zero-order valence-electron chi connectivity index (χ0n) is 21.2. The van der Waals surface area contributed by atoms with E-state index in [-0.39, 0.29) is 32.4 Å². The van der Waals surface area contributed by atoms with Crippen LogP contribution in [-0.2, 0) is 23.8 Å². The third-order valence-electron chi connectivity index (χ3n) is 7.13. The molecule has 39 heavy (non-hydrogen) atoms. The van der Waals surface area contributed by atoms with E-state index in [2.05, 4.69) is 0 Å². The largest absolute Gasteiger partial charge is 0.481 e. The molecule has 3 nitrogen and oxygen atoms in total. The summed E-state index contributed by atoms with van der Waals surface area (Å²) in [6, 6.07) is 14.7. The number of aryl methyl sites for hydroxylation is 1. The van der Waals surface area contributed by atoms with Crippen LogP contribution < -0.4 is 4.90 Å². The second-order valence-electron chi connectivity index (χ2n) is 9.91. The number of rotatable bonds is 9. The molecular weight excluding hydrogens is 520 g/mol. The molecule has 0 amide bonds. The topological polar surface area (TPSA) is 40.5 Å². The molecule has 0 saturated carbocycles. The molecule has 3 aromatic rings. The minimum absolute atomic E-state index is 0.0234. The Kier molecular flexibility index (Phi) is 8.57. The number of aliphatic carboxylic acids is 1. The Hall–Kier alpha value is -3.49. The van der Waals surface area contributed by atoms with Gasteiger partial charge in [-0.3, -0.25) is 4.79 Å². The summed E-state index contributed by atoms with van der Waals surface area (Å²) in [6.07, 6.45) is -3.22. The molecule has 0 aromatic heterocycles. The number of hydrogen-bond donors (Lipinski definition) is 1. The first-order valence-corrected chi connectivity index (χ1v) is 12.8. The summed E-state index contributed by atoms with van der Waals surface area (Å²) in [5.41, 5.74) is 3.48. The number of carboxylic acid groups (broad SMARTS) is 1. The molecule has 0 atom stereocenters. The van der Waals surface area contributed by atoms with Crippen LogP contribution in [0.3, 0.4) is 0 Å². The summed E-state index contributed by atoms with van der Waals surface area (Å²) < 4.78 is 81.4. The summed E-state index contributed by atoms with van der Waals surface area (Å²) in [7, 11) is 0. The standard InChI is InChI=1S/C30H29F6NO2/c31-24-13-10-22(27(19-24)37-16-14-29(32,33)15-17-37)18-26-20(4-1-2-7-28(38)39)5-3-6-25(26)21-8-11-23(12-9-21)30(34,35)36/h3,5-6,8-13,19H,1-2,4,7,14-18H2,(H,38,39). The Balaban J connectivity index is 1.72. The van der Waals surface area contributed by atoms with Gasteiger partial charge >= 0.3 is 12.1 Å². The third kappa shape index (κ3) is 7.34. The van der Waals surface area contributed by atoms with Gasteiger partial charge in [-0.25, -0.2) is 13.2 Å². The van der Waals surface area contributed by atoms with Crippen LogP contribution in [0.1, 0.15) is 54.4 Å². The van der Waals surface area contributed by atoms with Gasteiger partial charge in [0.25, 0.3) is 5.92 Å². The fraction of sp³-hybridized carbons (Fsp3) is 0.367. The fourth-order valence-corrected chi connectivity index (χ4v) is 5.02. The van der Waals surface area contributed by atoms with Crippen LogP contribution in [-0.4, -0.2) is 30.1 Å². The highest BCUT2D eigenvalue weighted by Crippen LogP contribution is 2.37. The van der Waals surface area contributed by atoms with Gasteiger partial charge < -0.3 is 10.0 Å². The molecule has 0 radical (unpaired) electrons. The molecule has 0 spiro atoms. The van der Waals surface area contributed by atoms with E-state index in [0.717, 1.165) is 23.3 Å². The van der Waals surface area contributed by atoms with Crippen LogP contribution in [0.15, 0.2) is 60.7 Å². The number of unbranched alkanes of at least 4 members (excludes halogenated alkanes) is 1. The van der Waals surface area contributed by atoms with Crippen LogP contribution in [0.5, 0.6) is 0 Å². The van der Waals surface area contributed by atoms with E-state index in [1.54, 1.807) is 17.0 Å². The SMILES string of the molecule is O=C(O)CCCCc1cccc(-c2ccc(C(F)(F)F)cc2)c1Cc1ccc(F)cc1N1CCC(F)(F)CC1. The Bertz CT molecular complexity index is 1290. The minimum Gasteiger partial charge on any atom is -0.481 e. The molecule has 0 bridgehead atoms. The van der Waals surface area contributed by atoms with Crippen LogP contribution >= 0.6 is 0 Å². The Labute approximate surface area is 223 Å². The molecule has 0 aliphatic carbocycles. The highest BCUT2D eigenvalue weighted by atomic mass is 19.4. The number of alkyl halides is 5. The van der Waals surface area contributed by atoms with Crippen molar-refractivity contribution in [1.29, 1.82) is 0 Å². The van der Waals surface area contributed by atoms with Gasteiger partial charge in [0.05, 0.1) is 5.56 Å². The fourth-order valence-electron chi connectivity index (χ4n) is 5.02. The number of halogens is 6. The van der Waals surface area contributed by atoms with Crippen molar-refractivity contribution in [2.24, 2.45) is 0 Å². The second kappa shape index (κ2) is 11.7. The maximum Gasteiger partial charge on any atom is 0.416 e. The first kappa shape index (κ1) is 28.5. The van der Waals surface area contributed by atoms with Crippen molar-refractivity contribution in [2.75, 3.05) is 18.0 Å². The first-order valence-electron chi connectivity index (χ1n) is 12.8. The quantitative estimate of drug-likeness (QED) is 0.216. The van der Waals surface area contributed by atoms with Crippen LogP contribution in [0.4, 0.5) is 32.0 Å². The lowest BCUT2D eigenvalue weighted by Crippen LogP contribution is -2.39. The number of carboxylic acids is 1. The van der Waals surface area contributed by atoms with Crippen molar-refractivity contribution >= 4 is 11.7 Å². The maximum absolute atomic E-state index is 14.3. The van der Waals surface area contributed by atoms with Crippen LogP contribution in [0.25, 0.3) is 11.1 Å². The van der Waals surface area contributed by atoms with E-state index in [4.69, 9.17) is 5.11 Å². The van der Waals surface area contributed by atoms with Crippen molar-refractivity contribution in [3.63, 3.8) is 0 Å². The van der Waals surface area contributed by atoms with Gasteiger partial charge in [0.2, 0.25) is 0 Å². The molecule has 1 N–H and O–H groups in total. The lowest BCUT2D eigenvalue weighted by Gasteiger charge is -2.34. The van der Waals surface area contributed by atoms with Crippen LogP contribution in [0, 0.1) is 5.82 Å². The molecule has 1 aliphatic heterocycles. The van der Waals surface area contributed by atoms with E-state index in [1.807, 2.05) is 12.1 Å². The molecular formula is C30H29F6NO2. The smallest absolute Gasteiger partial charge is 0.416 e. The van der Waals surface area contributed by atoms with E-state index in [0.29, 0.717) is 48.1 Å². The van der Waals surface area contributed by atoms with Crippen molar-refractivity contribution in [1.82, 2.24) is 0 Å². The van der Waals surface area contributed by atoms with Gasteiger partial charge in [-0.1, -0.05) is 36.4 Å². The zero-order valence-corrected chi connectivity index (χ0v) is 21.2. The number of carbonyl (C=O) groups is 1. The van der Waals surface area contributed by atoms with E-state index in [9.17, 15) is 31.1 Å². The Morgan fingerprint density at radius 1 is 0.923 bits per heavy atom. The number of hydrogen-bond acceptors (Lipinski definition) is 2. The van der Waals surface area contributed by atoms with Gasteiger partial charge in [-0.15, -0.1) is 0 Å². The van der Waals surface area contributed by atoms with Gasteiger partial charge in [0.1, 0.15) is 5.82 Å². The van der Waals surface area contributed by atoms with Crippen molar-refractivity contribution in [3.05, 3.63) is 88.7 Å². The molecule has 3 aromatic carbocycles. The Morgan fingerprint density at radius 3 is 2.26 bits per heavy atom. The van der Waals surface area contributed by atoms with Crippen molar-refractivity contribution in [2.45, 2.75) is 57.0 Å². The normalized spacial score (nSPS) is 15.4. The average Bonchev–Trinajstić information content (AvgIpc) is 2.88. The lowest BCUT2D eigenvalue weighted by atomic mass is 9.88. The third-order valence-corrected chi connectivity index (χ3v) is 7.13. The molecule has 1 heterocycles. The monoisotopic (exact) mass is 549 g/mol. The van der Waals surface area contributed by atoms with E-state index in [1.165, 1.54) is 24.3 Å². The van der Waals surface area contributed by atoms with Crippen molar-refractivity contribution < 1.29 is 36.2 Å². The Morgan fingerprint density at radius 2 is 1.62 bits per heavy atom. The molecule has 9 heteroatoms. The van der Waals surface area contributed by atoms with Gasteiger partial charge in [0, 0.05) is 44.5 Å². The van der Waals surface area contributed by atoms with Gasteiger partial charge in [0.15, 0.2) is 0 Å². The molecule has 4 rings (SSSR count). The maximum atomic E-state index is 14.3. The molecule has 0 unspecified atom stereocenters. The molecule has 1 aliphatic rings. The summed E-state index contributed by atoms with van der Waals surface area (Å²) in [6.45, 7) is 0.151. The second-order valence-corrected chi connectivity index (χ2v) is 9.91. The average molecular weight is 550 g/mol. The molecule has 1 saturated heterocycles. The van der Waals surface area contributed by atoms with E-state index < -0.39 is 29.4 Å². The highest BCUT2D eigenvalue weighted by Gasteiger charge is 2.35. The van der Waals surface area contributed by atoms with E-state index >= 15 is 0 Å². The van der Waals surface area contributed by atoms with Gasteiger partial charge in [-0.2, -0.15) is 13.2 Å². The summed E-state index contributed by atoms with van der Waals surface area (Å²) in [4.78, 5) is 12.7. The lowest BCUT2D eigenvalue weighted by molar-refractivity contribution is -0.138. The predicted octanol–water partition coefficient (Wildman–Crippen LogP) is 8.14. The predicted molar refractivity (Wildman–Crippen MR) is 138 cm³/mol. The number of piperidine rings is 1. The van der Waals surface area contributed by atoms with Gasteiger partial charge in [-0.05, 0) is 71.3 Å². The number of nitrogens with zero attached hydrogens (tertiary/aromatic N) is 1. The van der Waals surface area contributed by atoms with Crippen molar-refractivity contribution in [3.8, 4) is 11.1 Å².